The molecule has 7 nitrogen and oxygen atoms in total. The number of amides is 2. The molecule has 1 aliphatic heterocycles. The van der Waals surface area contributed by atoms with Crippen LogP contribution in [0, 0.1) is 5.82 Å². The normalized spacial score (nSPS) is 15.0. The Morgan fingerprint density at radius 1 is 1.19 bits per heavy atom. The number of benzene rings is 1. The molecule has 0 bridgehead atoms. The smallest absolute Gasteiger partial charge is 0.276 e. The molecule has 0 radical (unpaired) electrons. The topological polar surface area (TPSA) is 71.3 Å². The van der Waals surface area contributed by atoms with Gasteiger partial charge >= 0.3 is 0 Å². The number of hydrogen-bond donors (Lipinski definition) is 0. The molecule has 1 aromatic heterocycles. The summed E-state index contributed by atoms with van der Waals surface area (Å²) < 4.78 is 14.6. The molecule has 2 aromatic rings. The Morgan fingerprint density at radius 2 is 1.92 bits per heavy atom. The molecule has 0 spiro atoms. The first-order chi connectivity index (χ1) is 12.4. The Hall–Kier alpha value is -2.48. The van der Waals surface area contributed by atoms with Crippen molar-refractivity contribution in [3.63, 3.8) is 0 Å². The number of nitrogens with zero attached hydrogens (tertiary/aromatic N) is 5. The third-order valence-electron chi connectivity index (χ3n) is 4.33. The van der Waals surface area contributed by atoms with E-state index in [0.29, 0.717) is 36.8 Å². The van der Waals surface area contributed by atoms with Gasteiger partial charge in [-0.2, -0.15) is 0 Å². The second-order valence-corrected chi connectivity index (χ2v) is 6.60. The average molecular weight is 380 g/mol. The van der Waals surface area contributed by atoms with Gasteiger partial charge in [0.2, 0.25) is 5.91 Å². The Bertz CT molecular complexity index is 825. The van der Waals surface area contributed by atoms with Crippen LogP contribution in [0.15, 0.2) is 24.4 Å². The van der Waals surface area contributed by atoms with Crippen molar-refractivity contribution in [1.82, 2.24) is 24.8 Å². The van der Waals surface area contributed by atoms with Crippen LogP contribution in [0.2, 0.25) is 5.02 Å². The van der Waals surface area contributed by atoms with Crippen molar-refractivity contribution in [3.05, 3.63) is 46.5 Å². The minimum atomic E-state index is -0.408. The van der Waals surface area contributed by atoms with E-state index in [1.54, 1.807) is 22.1 Å². The van der Waals surface area contributed by atoms with Crippen LogP contribution in [0.3, 0.4) is 0 Å². The summed E-state index contributed by atoms with van der Waals surface area (Å²) in [5.74, 6) is -0.609. The molecule has 1 aliphatic rings. The van der Waals surface area contributed by atoms with Gasteiger partial charge in [0.05, 0.1) is 12.7 Å². The Labute approximate surface area is 155 Å². The number of halogens is 2. The molecule has 2 heterocycles. The van der Waals surface area contributed by atoms with Gasteiger partial charge in [0.25, 0.3) is 5.91 Å². The number of rotatable bonds is 3. The molecule has 0 N–H and O–H groups in total. The molecule has 0 unspecified atom stereocenters. The second-order valence-electron chi connectivity index (χ2n) is 6.19. The number of carbonyl (C=O) groups excluding carboxylic acids is 2. The molecular weight excluding hydrogens is 361 g/mol. The lowest BCUT2D eigenvalue weighted by molar-refractivity contribution is -0.128. The van der Waals surface area contributed by atoms with E-state index in [2.05, 4.69) is 10.3 Å². The molecule has 26 heavy (non-hydrogen) atoms. The molecule has 3 rings (SSSR count). The summed E-state index contributed by atoms with van der Waals surface area (Å²) in [6, 6.07) is 4.13. The van der Waals surface area contributed by atoms with Gasteiger partial charge in [-0.15, -0.1) is 5.10 Å². The molecular formula is C17H19ClFN5O2. The first kappa shape index (κ1) is 18.3. The van der Waals surface area contributed by atoms with Gasteiger partial charge in [0, 0.05) is 38.1 Å². The van der Waals surface area contributed by atoms with Crippen LogP contribution in [0.25, 0.3) is 0 Å². The number of aromatic nitrogens is 3. The Kier molecular flexibility index (Phi) is 5.51. The first-order valence-electron chi connectivity index (χ1n) is 8.33. The van der Waals surface area contributed by atoms with Crippen molar-refractivity contribution in [2.45, 2.75) is 19.9 Å². The van der Waals surface area contributed by atoms with Gasteiger partial charge in [-0.25, -0.2) is 9.07 Å². The fourth-order valence-electron chi connectivity index (χ4n) is 2.90. The third kappa shape index (κ3) is 4.19. The van der Waals surface area contributed by atoms with Crippen molar-refractivity contribution in [1.29, 1.82) is 0 Å². The summed E-state index contributed by atoms with van der Waals surface area (Å²) in [5, 5.41) is 8.20. The van der Waals surface area contributed by atoms with Gasteiger partial charge in [-0.05, 0) is 24.1 Å². The molecule has 1 fully saturated rings. The van der Waals surface area contributed by atoms with Crippen LogP contribution in [0.4, 0.5) is 4.39 Å². The molecule has 138 valence electrons. The molecule has 1 saturated heterocycles. The fraction of sp³-hybridized carbons (Fsp3) is 0.412. The van der Waals surface area contributed by atoms with E-state index in [-0.39, 0.29) is 24.1 Å². The lowest BCUT2D eigenvalue weighted by Gasteiger charge is -2.20. The lowest BCUT2D eigenvalue weighted by atomic mass is 10.2. The van der Waals surface area contributed by atoms with E-state index in [1.807, 2.05) is 0 Å². The maximum Gasteiger partial charge on any atom is 0.276 e. The standard InChI is InChI=1S/C17H19ClFN5O2/c1-12(25)22-5-2-6-23(8-7-22)17(26)16-11-24(21-20-16)10-13-3-4-14(19)9-15(13)18/h3-4,9,11H,2,5-8,10H2,1H3. The maximum absolute atomic E-state index is 13.1. The summed E-state index contributed by atoms with van der Waals surface area (Å²) in [7, 11) is 0. The predicted octanol–water partition coefficient (Wildman–Crippen LogP) is 1.81. The van der Waals surface area contributed by atoms with Gasteiger partial charge in [-0.1, -0.05) is 22.9 Å². The molecule has 9 heteroatoms. The zero-order chi connectivity index (χ0) is 18.7. The zero-order valence-corrected chi connectivity index (χ0v) is 15.1. The van der Waals surface area contributed by atoms with E-state index in [1.165, 1.54) is 23.7 Å². The minimum Gasteiger partial charge on any atom is -0.341 e. The van der Waals surface area contributed by atoms with Gasteiger partial charge in [-0.3, -0.25) is 9.59 Å². The van der Waals surface area contributed by atoms with Crippen LogP contribution in [0.5, 0.6) is 0 Å². The van der Waals surface area contributed by atoms with E-state index >= 15 is 0 Å². The van der Waals surface area contributed by atoms with Crippen molar-refractivity contribution in [2.24, 2.45) is 0 Å². The zero-order valence-electron chi connectivity index (χ0n) is 14.4. The lowest BCUT2D eigenvalue weighted by Crippen LogP contribution is -2.36. The highest BCUT2D eigenvalue weighted by Crippen LogP contribution is 2.18. The van der Waals surface area contributed by atoms with E-state index in [4.69, 9.17) is 11.6 Å². The highest BCUT2D eigenvalue weighted by Gasteiger charge is 2.23. The van der Waals surface area contributed by atoms with Crippen molar-refractivity contribution >= 4 is 23.4 Å². The fourth-order valence-corrected chi connectivity index (χ4v) is 3.12. The monoisotopic (exact) mass is 379 g/mol. The van der Waals surface area contributed by atoms with Crippen LogP contribution in [-0.4, -0.2) is 62.8 Å². The van der Waals surface area contributed by atoms with Crippen LogP contribution in [0.1, 0.15) is 29.4 Å². The van der Waals surface area contributed by atoms with E-state index in [9.17, 15) is 14.0 Å². The van der Waals surface area contributed by atoms with Crippen molar-refractivity contribution < 1.29 is 14.0 Å². The number of carbonyl (C=O) groups is 2. The Morgan fingerprint density at radius 3 is 2.65 bits per heavy atom. The Balaban J connectivity index is 1.67. The van der Waals surface area contributed by atoms with Crippen LogP contribution >= 0.6 is 11.6 Å². The maximum atomic E-state index is 13.1. The van der Waals surface area contributed by atoms with Gasteiger partial charge < -0.3 is 9.80 Å². The average Bonchev–Trinajstić information content (AvgIpc) is 2.91. The number of hydrogen-bond acceptors (Lipinski definition) is 4. The highest BCUT2D eigenvalue weighted by molar-refractivity contribution is 6.31. The minimum absolute atomic E-state index is 0.0152. The SMILES string of the molecule is CC(=O)N1CCCN(C(=O)c2cn(Cc3ccc(F)cc3Cl)nn2)CC1. The van der Waals surface area contributed by atoms with E-state index < -0.39 is 5.82 Å². The van der Waals surface area contributed by atoms with Crippen molar-refractivity contribution in [2.75, 3.05) is 26.2 Å². The summed E-state index contributed by atoms with van der Waals surface area (Å²) in [5.41, 5.74) is 0.920. The van der Waals surface area contributed by atoms with E-state index in [0.717, 1.165) is 6.42 Å². The summed E-state index contributed by atoms with van der Waals surface area (Å²) in [4.78, 5) is 27.5. The summed E-state index contributed by atoms with van der Waals surface area (Å²) in [6.07, 6.45) is 2.28. The predicted molar refractivity (Wildman–Crippen MR) is 93.3 cm³/mol. The first-order valence-corrected chi connectivity index (χ1v) is 8.70. The molecule has 0 atom stereocenters. The quantitative estimate of drug-likeness (QED) is 0.815. The van der Waals surface area contributed by atoms with Crippen LogP contribution < -0.4 is 0 Å². The molecule has 0 aliphatic carbocycles. The second kappa shape index (κ2) is 7.82. The van der Waals surface area contributed by atoms with Gasteiger partial charge in [0.1, 0.15) is 5.82 Å². The van der Waals surface area contributed by atoms with Crippen molar-refractivity contribution in [3.8, 4) is 0 Å². The third-order valence-corrected chi connectivity index (χ3v) is 4.69. The summed E-state index contributed by atoms with van der Waals surface area (Å²) >= 11 is 6.02. The summed E-state index contributed by atoms with van der Waals surface area (Å²) in [6.45, 7) is 4.02. The molecule has 1 aromatic carbocycles. The van der Waals surface area contributed by atoms with Crippen LogP contribution in [-0.2, 0) is 11.3 Å². The highest BCUT2D eigenvalue weighted by atomic mass is 35.5. The molecule has 0 saturated carbocycles. The largest absolute Gasteiger partial charge is 0.341 e. The van der Waals surface area contributed by atoms with Gasteiger partial charge in [0.15, 0.2) is 5.69 Å². The molecule has 2 amide bonds.